The van der Waals surface area contributed by atoms with Gasteiger partial charge in [0.15, 0.2) is 5.75 Å². The van der Waals surface area contributed by atoms with Crippen LogP contribution in [0.3, 0.4) is 0 Å². The van der Waals surface area contributed by atoms with Crippen molar-refractivity contribution >= 4 is 35.6 Å². The van der Waals surface area contributed by atoms with Crippen LogP contribution in [0, 0.1) is 6.92 Å². The second-order valence-electron chi connectivity index (χ2n) is 6.47. The summed E-state index contributed by atoms with van der Waals surface area (Å²) in [5, 5.41) is 0.811. The molecule has 7 nitrogen and oxygen atoms in total. The summed E-state index contributed by atoms with van der Waals surface area (Å²) in [7, 11) is -1.48. The van der Waals surface area contributed by atoms with Crippen LogP contribution in [-0.4, -0.2) is 26.2 Å². The molecule has 0 fully saturated rings. The summed E-state index contributed by atoms with van der Waals surface area (Å²) < 4.78 is 34.3. The predicted octanol–water partition coefficient (Wildman–Crippen LogP) is 4.22. The summed E-state index contributed by atoms with van der Waals surface area (Å²) in [6.07, 6.45) is 0. The standard InChI is InChI=1S/C21H23O7P/c1-12(2)20(22)27-17-11-18(29(24,25-6)26-7)19(28-21(23)13(3)4)15-9-8-14(5)10-16(15)17/h8-11H,1,3H2,2,4-7H3. The van der Waals surface area contributed by atoms with Gasteiger partial charge in [0.1, 0.15) is 11.1 Å². The third kappa shape index (κ3) is 4.65. The maximum Gasteiger partial charge on any atom is 0.364 e. The second kappa shape index (κ2) is 8.74. The van der Waals surface area contributed by atoms with Gasteiger partial charge in [-0.3, -0.25) is 4.57 Å². The van der Waals surface area contributed by atoms with Gasteiger partial charge < -0.3 is 18.5 Å². The highest BCUT2D eigenvalue weighted by molar-refractivity contribution is 7.62. The van der Waals surface area contributed by atoms with Crippen molar-refractivity contribution in [3.05, 3.63) is 54.1 Å². The lowest BCUT2D eigenvalue weighted by atomic mass is 10.1. The molecule has 154 valence electrons. The number of hydrogen-bond donors (Lipinski definition) is 0. The van der Waals surface area contributed by atoms with Crippen LogP contribution < -0.4 is 14.8 Å². The van der Waals surface area contributed by atoms with Crippen LogP contribution in [0.25, 0.3) is 10.8 Å². The quantitative estimate of drug-likeness (QED) is 0.288. The summed E-state index contributed by atoms with van der Waals surface area (Å²) in [6.45, 7) is 12.0. The van der Waals surface area contributed by atoms with Crippen molar-refractivity contribution in [3.63, 3.8) is 0 Å². The van der Waals surface area contributed by atoms with Crippen molar-refractivity contribution < 1.29 is 32.7 Å². The average molecular weight is 418 g/mol. The Morgan fingerprint density at radius 2 is 1.45 bits per heavy atom. The Labute approximate surface area is 169 Å². The van der Waals surface area contributed by atoms with Crippen LogP contribution in [0.15, 0.2) is 48.6 Å². The van der Waals surface area contributed by atoms with Gasteiger partial charge in [-0.25, -0.2) is 9.59 Å². The molecule has 0 bridgehead atoms. The molecule has 8 heteroatoms. The number of benzene rings is 2. The topological polar surface area (TPSA) is 88.1 Å². The molecular formula is C21H23O7P. The highest BCUT2D eigenvalue weighted by Crippen LogP contribution is 2.51. The molecule has 0 N–H and O–H groups in total. The van der Waals surface area contributed by atoms with Crippen molar-refractivity contribution in [2.45, 2.75) is 20.8 Å². The van der Waals surface area contributed by atoms with Gasteiger partial charge in [-0.1, -0.05) is 30.9 Å². The number of carbonyl (C=O) groups is 2. The lowest BCUT2D eigenvalue weighted by Crippen LogP contribution is -2.19. The Kier molecular flexibility index (Phi) is 6.80. The molecule has 0 saturated heterocycles. The van der Waals surface area contributed by atoms with E-state index in [1.54, 1.807) is 18.2 Å². The molecule has 0 aliphatic carbocycles. The normalized spacial score (nSPS) is 11.2. The number of rotatable bonds is 7. The Bertz CT molecular complexity index is 1060. The van der Waals surface area contributed by atoms with Gasteiger partial charge >= 0.3 is 19.5 Å². The fourth-order valence-electron chi connectivity index (χ4n) is 2.50. The fraction of sp³-hybridized carbons (Fsp3) is 0.238. The summed E-state index contributed by atoms with van der Waals surface area (Å²) in [5.41, 5.74) is 1.21. The van der Waals surface area contributed by atoms with Gasteiger partial charge in [-0.05, 0) is 26.8 Å². The maximum atomic E-state index is 13.2. The van der Waals surface area contributed by atoms with Gasteiger partial charge in [-0.15, -0.1) is 0 Å². The predicted molar refractivity (Wildman–Crippen MR) is 111 cm³/mol. The molecule has 2 aromatic rings. The third-order valence-electron chi connectivity index (χ3n) is 4.06. The summed E-state index contributed by atoms with van der Waals surface area (Å²) in [5.74, 6) is -1.28. The molecule has 2 aromatic carbocycles. The van der Waals surface area contributed by atoms with Gasteiger partial charge in [0.25, 0.3) is 0 Å². The summed E-state index contributed by atoms with van der Waals surface area (Å²) in [4.78, 5) is 24.4. The zero-order chi connectivity index (χ0) is 21.9. The van der Waals surface area contributed by atoms with Crippen LogP contribution in [0.1, 0.15) is 19.4 Å². The van der Waals surface area contributed by atoms with E-state index >= 15 is 0 Å². The van der Waals surface area contributed by atoms with Gasteiger partial charge in [0, 0.05) is 42.2 Å². The largest absolute Gasteiger partial charge is 0.422 e. The van der Waals surface area contributed by atoms with E-state index in [2.05, 4.69) is 13.2 Å². The first-order valence-corrected chi connectivity index (χ1v) is 10.1. The summed E-state index contributed by atoms with van der Waals surface area (Å²) in [6, 6.07) is 6.52. The van der Waals surface area contributed by atoms with E-state index in [9.17, 15) is 14.2 Å². The SMILES string of the molecule is C=C(C)C(=O)Oc1cc(P(=O)(OC)OC)c(OC(=O)C(=C)C)c2ccc(C)cc12. The van der Waals surface area contributed by atoms with Gasteiger partial charge in [-0.2, -0.15) is 0 Å². The first kappa shape index (κ1) is 22.6. The first-order valence-electron chi connectivity index (χ1n) is 8.59. The van der Waals surface area contributed by atoms with Crippen LogP contribution in [0.5, 0.6) is 11.5 Å². The Morgan fingerprint density at radius 1 is 0.897 bits per heavy atom. The zero-order valence-corrected chi connectivity index (χ0v) is 17.9. The molecule has 0 saturated carbocycles. The highest BCUT2D eigenvalue weighted by atomic mass is 31.2. The number of carbonyl (C=O) groups excluding carboxylic acids is 2. The molecule has 0 aliphatic rings. The molecule has 0 heterocycles. The second-order valence-corrected chi connectivity index (χ2v) is 8.68. The van der Waals surface area contributed by atoms with Crippen molar-refractivity contribution in [2.24, 2.45) is 0 Å². The third-order valence-corrected chi connectivity index (χ3v) is 5.94. The number of fused-ring (bicyclic) bond motifs is 1. The van der Waals surface area contributed by atoms with Crippen molar-refractivity contribution in [1.29, 1.82) is 0 Å². The summed E-state index contributed by atoms with van der Waals surface area (Å²) >= 11 is 0. The average Bonchev–Trinajstić information content (AvgIpc) is 2.68. The minimum absolute atomic E-state index is 0.0184. The van der Waals surface area contributed by atoms with E-state index < -0.39 is 19.5 Å². The lowest BCUT2D eigenvalue weighted by Gasteiger charge is -2.21. The molecule has 29 heavy (non-hydrogen) atoms. The number of hydrogen-bond acceptors (Lipinski definition) is 7. The zero-order valence-electron chi connectivity index (χ0n) is 17.0. The maximum absolute atomic E-state index is 13.2. The molecule has 2 rings (SSSR count). The Balaban J connectivity index is 2.91. The smallest absolute Gasteiger partial charge is 0.364 e. The van der Waals surface area contributed by atoms with E-state index in [0.29, 0.717) is 10.8 Å². The van der Waals surface area contributed by atoms with Crippen LogP contribution in [0.2, 0.25) is 0 Å². The minimum atomic E-state index is -3.89. The van der Waals surface area contributed by atoms with Crippen LogP contribution >= 0.6 is 7.60 Å². The highest BCUT2D eigenvalue weighted by Gasteiger charge is 2.33. The van der Waals surface area contributed by atoms with Gasteiger partial charge in [0.05, 0.1) is 0 Å². The Morgan fingerprint density at radius 3 is 1.97 bits per heavy atom. The fourth-order valence-corrected chi connectivity index (χ4v) is 3.73. The Hall–Kier alpha value is -2.73. The van der Waals surface area contributed by atoms with E-state index in [1.807, 2.05) is 6.92 Å². The van der Waals surface area contributed by atoms with E-state index in [0.717, 1.165) is 5.56 Å². The number of esters is 2. The molecule has 0 spiro atoms. The van der Waals surface area contributed by atoms with E-state index in [4.69, 9.17) is 18.5 Å². The number of aryl methyl sites for hydroxylation is 1. The molecule has 0 aliphatic heterocycles. The number of ether oxygens (including phenoxy) is 2. The van der Waals surface area contributed by atoms with Crippen LogP contribution in [-0.2, 0) is 23.2 Å². The molecule has 0 unspecified atom stereocenters. The molecular weight excluding hydrogens is 395 g/mol. The molecule has 0 amide bonds. The molecule has 0 radical (unpaired) electrons. The minimum Gasteiger partial charge on any atom is -0.422 e. The monoisotopic (exact) mass is 418 g/mol. The van der Waals surface area contributed by atoms with Gasteiger partial charge in [0.2, 0.25) is 0 Å². The molecule has 0 atom stereocenters. The molecule has 0 aromatic heterocycles. The first-order chi connectivity index (χ1) is 13.5. The van der Waals surface area contributed by atoms with Crippen molar-refractivity contribution in [2.75, 3.05) is 14.2 Å². The van der Waals surface area contributed by atoms with Crippen molar-refractivity contribution in [3.8, 4) is 11.5 Å². The van der Waals surface area contributed by atoms with E-state index in [-0.39, 0.29) is 27.9 Å². The lowest BCUT2D eigenvalue weighted by molar-refractivity contribution is -0.131. The van der Waals surface area contributed by atoms with E-state index in [1.165, 1.54) is 34.1 Å². The van der Waals surface area contributed by atoms with Crippen LogP contribution in [0.4, 0.5) is 0 Å². The van der Waals surface area contributed by atoms with Crippen molar-refractivity contribution in [1.82, 2.24) is 0 Å².